The molecule has 0 radical (unpaired) electrons. The summed E-state index contributed by atoms with van der Waals surface area (Å²) in [6.45, 7) is -0.735. The first-order valence-corrected chi connectivity index (χ1v) is 8.20. The van der Waals surface area contributed by atoms with E-state index in [4.69, 9.17) is 4.74 Å². The summed E-state index contributed by atoms with van der Waals surface area (Å²) in [7, 11) is 3.42. The predicted octanol–water partition coefficient (Wildman–Crippen LogP) is 3.01. The van der Waals surface area contributed by atoms with Gasteiger partial charge in [0.2, 0.25) is 5.78 Å². The first kappa shape index (κ1) is 19.0. The lowest BCUT2D eigenvalue weighted by Gasteiger charge is -2.19. The van der Waals surface area contributed by atoms with Crippen molar-refractivity contribution in [2.75, 3.05) is 30.5 Å². The van der Waals surface area contributed by atoms with Gasteiger partial charge in [-0.3, -0.25) is 4.79 Å². The zero-order valence-corrected chi connectivity index (χ0v) is 15.1. The van der Waals surface area contributed by atoms with Crippen LogP contribution in [-0.2, 0) is 9.53 Å². The van der Waals surface area contributed by atoms with Crippen molar-refractivity contribution in [3.05, 3.63) is 71.1 Å². The summed E-state index contributed by atoms with van der Waals surface area (Å²) >= 11 is 0. The van der Waals surface area contributed by atoms with Gasteiger partial charge in [-0.15, -0.1) is 0 Å². The number of halogens is 2. The third-order valence-electron chi connectivity index (χ3n) is 4.29. The van der Waals surface area contributed by atoms with Crippen molar-refractivity contribution in [1.29, 1.82) is 5.26 Å². The largest absolute Gasteiger partial charge is 0.454 e. The molecule has 0 aliphatic carbocycles. The monoisotopic (exact) mass is 383 g/mol. The second kappa shape index (κ2) is 7.48. The third kappa shape index (κ3) is 3.42. The van der Waals surface area contributed by atoms with Gasteiger partial charge in [0.25, 0.3) is 0 Å². The number of benzene rings is 2. The molecule has 1 aliphatic rings. The third-order valence-corrected chi connectivity index (χ3v) is 4.29. The van der Waals surface area contributed by atoms with E-state index in [-0.39, 0.29) is 11.1 Å². The quantitative estimate of drug-likeness (QED) is 0.459. The summed E-state index contributed by atoms with van der Waals surface area (Å²) in [5.74, 6) is -3.32. The van der Waals surface area contributed by atoms with Crippen LogP contribution in [-0.4, -0.2) is 32.5 Å². The number of hydrogen-bond acceptors (Lipinski definition) is 6. The zero-order valence-electron chi connectivity index (χ0n) is 15.1. The molecule has 8 heteroatoms. The molecular weight excluding hydrogens is 368 g/mol. The predicted molar refractivity (Wildman–Crippen MR) is 97.5 cm³/mol. The van der Waals surface area contributed by atoms with E-state index in [0.29, 0.717) is 11.9 Å². The van der Waals surface area contributed by atoms with Crippen LogP contribution in [0, 0.1) is 23.0 Å². The summed E-state index contributed by atoms with van der Waals surface area (Å²) < 4.78 is 31.3. The average molecular weight is 383 g/mol. The van der Waals surface area contributed by atoms with Gasteiger partial charge < -0.3 is 14.5 Å². The minimum atomic E-state index is -1.06. The summed E-state index contributed by atoms with van der Waals surface area (Å²) in [6, 6.07) is 11.4. The summed E-state index contributed by atoms with van der Waals surface area (Å²) in [4.78, 5) is 27.9. The van der Waals surface area contributed by atoms with E-state index in [0.717, 1.165) is 23.5 Å². The number of rotatable bonds is 4. The van der Waals surface area contributed by atoms with Gasteiger partial charge >= 0.3 is 5.97 Å². The van der Waals surface area contributed by atoms with Crippen molar-refractivity contribution in [2.45, 2.75) is 0 Å². The Hall–Kier alpha value is -3.73. The minimum Gasteiger partial charge on any atom is -0.454 e. The van der Waals surface area contributed by atoms with E-state index >= 15 is 0 Å². The fourth-order valence-electron chi connectivity index (χ4n) is 3.02. The zero-order chi connectivity index (χ0) is 20.4. The molecule has 0 spiro atoms. The number of fused-ring (bicyclic) bond motifs is 1. The highest BCUT2D eigenvalue weighted by Gasteiger charge is 2.31. The number of Topliss-reactive ketones (excluding diaryl/α,β-unsaturated/α-hetero) is 1. The molecule has 1 heterocycles. The maximum absolute atomic E-state index is 13.2. The highest BCUT2D eigenvalue weighted by atomic mass is 19.1. The molecule has 2 aromatic carbocycles. The molecule has 0 atom stereocenters. The van der Waals surface area contributed by atoms with Crippen molar-refractivity contribution in [3.63, 3.8) is 0 Å². The maximum Gasteiger partial charge on any atom is 0.338 e. The summed E-state index contributed by atoms with van der Waals surface area (Å²) in [5, 5.41) is 9.50. The molecule has 0 unspecified atom stereocenters. The topological polar surface area (TPSA) is 73.6 Å². The van der Waals surface area contributed by atoms with Crippen LogP contribution in [0.25, 0.3) is 0 Å². The number of para-hydroxylation sites is 2. The lowest BCUT2D eigenvalue weighted by molar-refractivity contribution is -0.118. The SMILES string of the molecule is CN1C(=C(C#N)C(=O)COC(=O)c2cc(F)cc(F)c2)N(C)c2ccccc21. The molecule has 0 aromatic heterocycles. The molecule has 6 nitrogen and oxygen atoms in total. The molecule has 0 amide bonds. The maximum atomic E-state index is 13.2. The van der Waals surface area contributed by atoms with Crippen molar-refractivity contribution >= 4 is 23.1 Å². The molecule has 0 N–H and O–H groups in total. The molecule has 0 fully saturated rings. The van der Waals surface area contributed by atoms with Crippen LogP contribution in [0.5, 0.6) is 0 Å². The molecule has 2 aromatic rings. The fourth-order valence-corrected chi connectivity index (χ4v) is 3.02. The van der Waals surface area contributed by atoms with E-state index in [1.165, 1.54) is 0 Å². The fraction of sp³-hybridized carbons (Fsp3) is 0.150. The normalized spacial score (nSPS) is 12.5. The van der Waals surface area contributed by atoms with Crippen molar-refractivity contribution < 1.29 is 23.1 Å². The van der Waals surface area contributed by atoms with Crippen LogP contribution < -0.4 is 9.80 Å². The van der Waals surface area contributed by atoms with Gasteiger partial charge in [0.15, 0.2) is 6.61 Å². The molecule has 1 aliphatic heterocycles. The second-order valence-corrected chi connectivity index (χ2v) is 6.07. The van der Waals surface area contributed by atoms with Gasteiger partial charge in [0.1, 0.15) is 29.1 Å². The van der Waals surface area contributed by atoms with E-state index in [1.807, 2.05) is 30.3 Å². The molecule has 3 rings (SSSR count). The number of hydrogen-bond donors (Lipinski definition) is 0. The summed E-state index contributed by atoms with van der Waals surface area (Å²) in [5.41, 5.74) is 1.07. The van der Waals surface area contributed by atoms with Crippen LogP contribution in [0.4, 0.5) is 20.2 Å². The van der Waals surface area contributed by atoms with Crippen LogP contribution >= 0.6 is 0 Å². The van der Waals surface area contributed by atoms with Crippen molar-refractivity contribution in [3.8, 4) is 6.07 Å². The first-order valence-electron chi connectivity index (χ1n) is 8.20. The van der Waals surface area contributed by atoms with Crippen LogP contribution in [0.2, 0.25) is 0 Å². The highest BCUT2D eigenvalue weighted by Crippen LogP contribution is 2.40. The van der Waals surface area contributed by atoms with Crippen molar-refractivity contribution in [2.24, 2.45) is 0 Å². The molecular formula is C20H15F2N3O3. The molecule has 28 heavy (non-hydrogen) atoms. The number of ether oxygens (including phenoxy) is 1. The van der Waals surface area contributed by atoms with Gasteiger partial charge in [-0.05, 0) is 24.3 Å². The number of carbonyl (C=O) groups excluding carboxylic acids is 2. The van der Waals surface area contributed by atoms with Gasteiger partial charge in [0.05, 0.1) is 16.9 Å². The van der Waals surface area contributed by atoms with Gasteiger partial charge in [0, 0.05) is 20.2 Å². The Kier molecular flexibility index (Phi) is 5.09. The highest BCUT2D eigenvalue weighted by molar-refractivity contribution is 6.04. The molecule has 0 saturated carbocycles. The average Bonchev–Trinajstić information content (AvgIpc) is 2.91. The molecule has 142 valence electrons. The van der Waals surface area contributed by atoms with E-state index < -0.39 is 30.0 Å². The van der Waals surface area contributed by atoms with Crippen LogP contribution in [0.15, 0.2) is 53.9 Å². The first-order chi connectivity index (χ1) is 13.3. The summed E-state index contributed by atoms with van der Waals surface area (Å²) in [6.07, 6.45) is 0. The number of anilines is 2. The number of carbonyl (C=O) groups is 2. The molecule has 0 bridgehead atoms. The minimum absolute atomic E-state index is 0.195. The Balaban J connectivity index is 1.80. The van der Waals surface area contributed by atoms with E-state index in [1.54, 1.807) is 23.9 Å². The standard InChI is InChI=1S/C20H15F2N3O3/c1-24-16-5-3-4-6-17(16)25(2)19(24)15(10-23)18(26)11-28-20(27)12-7-13(21)9-14(22)8-12/h3-9H,11H2,1-2H3. The van der Waals surface area contributed by atoms with Gasteiger partial charge in [-0.2, -0.15) is 5.26 Å². The van der Waals surface area contributed by atoms with E-state index in [2.05, 4.69) is 0 Å². The lowest BCUT2D eigenvalue weighted by Crippen LogP contribution is -2.27. The Bertz CT molecular complexity index is 992. The smallest absolute Gasteiger partial charge is 0.338 e. The second-order valence-electron chi connectivity index (χ2n) is 6.07. The van der Waals surface area contributed by atoms with Crippen molar-refractivity contribution in [1.82, 2.24) is 0 Å². The number of esters is 1. The lowest BCUT2D eigenvalue weighted by atomic mass is 10.2. The number of ketones is 1. The van der Waals surface area contributed by atoms with Gasteiger partial charge in [-0.1, -0.05) is 12.1 Å². The Morgan fingerprint density at radius 1 is 1.04 bits per heavy atom. The Labute approximate surface area is 159 Å². The number of nitriles is 1. The Morgan fingerprint density at radius 2 is 1.57 bits per heavy atom. The van der Waals surface area contributed by atoms with E-state index in [9.17, 15) is 23.6 Å². The Morgan fingerprint density at radius 3 is 2.07 bits per heavy atom. The van der Waals surface area contributed by atoms with Crippen LogP contribution in [0.3, 0.4) is 0 Å². The van der Waals surface area contributed by atoms with Gasteiger partial charge in [-0.25, -0.2) is 13.6 Å². The van der Waals surface area contributed by atoms with Crippen LogP contribution in [0.1, 0.15) is 10.4 Å². The molecule has 0 saturated heterocycles. The number of nitrogens with zero attached hydrogens (tertiary/aromatic N) is 3.